The molecule has 1 amide bonds. The molecule has 4 rings (SSSR count). The summed E-state index contributed by atoms with van der Waals surface area (Å²) in [6.07, 6.45) is 3.62. The highest BCUT2D eigenvalue weighted by Crippen LogP contribution is 2.36. The van der Waals surface area contributed by atoms with Gasteiger partial charge in [-0.25, -0.2) is 4.98 Å². The summed E-state index contributed by atoms with van der Waals surface area (Å²) in [5, 5.41) is 3.18. The maximum atomic E-state index is 12.6. The zero-order chi connectivity index (χ0) is 18.3. The molecular weight excluding hydrogens is 352 g/mol. The van der Waals surface area contributed by atoms with Crippen molar-refractivity contribution in [3.05, 3.63) is 46.7 Å². The van der Waals surface area contributed by atoms with E-state index in [1.54, 1.807) is 6.07 Å². The molecule has 2 aromatic carbocycles. The van der Waals surface area contributed by atoms with Crippen LogP contribution in [0.15, 0.2) is 30.3 Å². The number of halogens is 1. The Morgan fingerprint density at radius 3 is 2.85 bits per heavy atom. The fourth-order valence-electron chi connectivity index (χ4n) is 3.10. The molecule has 7 heteroatoms. The Morgan fingerprint density at radius 2 is 2.15 bits per heavy atom. The van der Waals surface area contributed by atoms with Crippen LogP contribution >= 0.6 is 11.6 Å². The molecule has 134 valence electrons. The van der Waals surface area contributed by atoms with Crippen LogP contribution in [0.1, 0.15) is 41.4 Å². The molecule has 1 heterocycles. The number of methoxy groups -OCH3 is 1. The molecule has 3 aromatic rings. The van der Waals surface area contributed by atoms with E-state index in [0.717, 1.165) is 16.9 Å². The quantitative estimate of drug-likeness (QED) is 0.596. The van der Waals surface area contributed by atoms with Gasteiger partial charge in [0.05, 0.1) is 34.4 Å². The van der Waals surface area contributed by atoms with Gasteiger partial charge in [0.15, 0.2) is 0 Å². The highest BCUT2D eigenvalue weighted by atomic mass is 35.5. The molecule has 0 saturated heterocycles. The van der Waals surface area contributed by atoms with Gasteiger partial charge >= 0.3 is 0 Å². The first-order valence-corrected chi connectivity index (χ1v) is 8.87. The Morgan fingerprint density at radius 1 is 1.35 bits per heavy atom. The Bertz CT molecular complexity index is 995. The van der Waals surface area contributed by atoms with Crippen molar-refractivity contribution in [1.29, 1.82) is 0 Å². The van der Waals surface area contributed by atoms with Crippen molar-refractivity contribution < 1.29 is 9.53 Å². The molecule has 1 aliphatic carbocycles. The molecule has 0 spiro atoms. The van der Waals surface area contributed by atoms with Gasteiger partial charge in [0.2, 0.25) is 0 Å². The zero-order valence-electron chi connectivity index (χ0n) is 14.3. The van der Waals surface area contributed by atoms with E-state index < -0.39 is 0 Å². The third kappa shape index (κ3) is 2.97. The fraction of sp³-hybridized carbons (Fsp3) is 0.263. The number of hydrogen-bond acceptors (Lipinski definition) is 4. The van der Waals surface area contributed by atoms with E-state index in [9.17, 15) is 4.79 Å². The van der Waals surface area contributed by atoms with Crippen LogP contribution in [0.2, 0.25) is 5.02 Å². The third-order valence-corrected chi connectivity index (χ3v) is 5.14. The lowest BCUT2D eigenvalue weighted by Crippen LogP contribution is -2.13. The van der Waals surface area contributed by atoms with Crippen LogP contribution < -0.4 is 15.8 Å². The van der Waals surface area contributed by atoms with Crippen LogP contribution in [0.25, 0.3) is 11.0 Å². The van der Waals surface area contributed by atoms with Crippen molar-refractivity contribution >= 4 is 39.9 Å². The smallest absolute Gasteiger partial charge is 0.259 e. The molecule has 0 bridgehead atoms. The Balaban J connectivity index is 1.60. The van der Waals surface area contributed by atoms with E-state index >= 15 is 0 Å². The van der Waals surface area contributed by atoms with E-state index in [1.165, 1.54) is 32.4 Å². The molecule has 0 unspecified atom stereocenters. The number of nitrogens with one attached hydrogen (secondary N) is 2. The van der Waals surface area contributed by atoms with Crippen molar-refractivity contribution in [2.24, 2.45) is 0 Å². The number of H-pyrrole nitrogens is 1. The van der Waals surface area contributed by atoms with Crippen molar-refractivity contribution in [3.8, 4) is 5.75 Å². The number of nitrogen functional groups attached to an aromatic ring is 1. The number of amides is 1. The number of aromatic amines is 1. The Labute approximate surface area is 155 Å². The van der Waals surface area contributed by atoms with E-state index in [1.807, 2.05) is 18.2 Å². The molecule has 1 aromatic heterocycles. The maximum Gasteiger partial charge on any atom is 0.259 e. The second-order valence-corrected chi connectivity index (χ2v) is 6.92. The zero-order valence-corrected chi connectivity index (χ0v) is 15.1. The summed E-state index contributed by atoms with van der Waals surface area (Å²) in [5.74, 6) is 1.62. The average molecular weight is 371 g/mol. The molecule has 0 radical (unpaired) electrons. The first-order chi connectivity index (χ1) is 12.5. The summed E-state index contributed by atoms with van der Waals surface area (Å²) in [7, 11) is 1.48. The molecule has 4 N–H and O–H groups in total. The SMILES string of the molecule is COc1cc(N)c(Cl)cc1C(=O)Nc1ccc2nc(C3CCC3)[nH]c2c1. The second-order valence-electron chi connectivity index (χ2n) is 6.51. The molecular formula is C19H19ClN4O2. The normalized spacial score (nSPS) is 14.2. The lowest BCUT2D eigenvalue weighted by Gasteiger charge is -2.22. The van der Waals surface area contributed by atoms with Crippen molar-refractivity contribution in [2.45, 2.75) is 25.2 Å². The molecule has 0 aliphatic heterocycles. The average Bonchev–Trinajstić information content (AvgIpc) is 2.97. The maximum absolute atomic E-state index is 12.6. The number of carbonyl (C=O) groups excluding carboxylic acids is 1. The number of hydrogen-bond donors (Lipinski definition) is 3. The number of fused-ring (bicyclic) bond motifs is 1. The van der Waals surface area contributed by atoms with Gasteiger partial charge in [-0.05, 0) is 37.1 Å². The van der Waals surface area contributed by atoms with Crippen molar-refractivity contribution in [2.75, 3.05) is 18.2 Å². The van der Waals surface area contributed by atoms with E-state index in [2.05, 4.69) is 15.3 Å². The number of rotatable bonds is 4. The van der Waals surface area contributed by atoms with Crippen molar-refractivity contribution in [3.63, 3.8) is 0 Å². The number of anilines is 2. The van der Waals surface area contributed by atoms with Crippen LogP contribution in [0, 0.1) is 0 Å². The number of nitrogens with two attached hydrogens (primary N) is 1. The van der Waals surface area contributed by atoms with Gasteiger partial charge in [0.1, 0.15) is 11.6 Å². The van der Waals surface area contributed by atoms with E-state index in [0.29, 0.717) is 33.6 Å². The highest BCUT2D eigenvalue weighted by molar-refractivity contribution is 6.33. The predicted octanol–water partition coefficient (Wildman–Crippen LogP) is 4.33. The Kier molecular flexibility index (Phi) is 4.20. The number of ether oxygens (including phenoxy) is 1. The summed E-state index contributed by atoms with van der Waals surface area (Å²) in [6, 6.07) is 8.66. The number of imidazole rings is 1. The minimum atomic E-state index is -0.318. The summed E-state index contributed by atoms with van der Waals surface area (Å²) in [4.78, 5) is 20.7. The van der Waals surface area contributed by atoms with Crippen LogP contribution in [-0.2, 0) is 0 Å². The fourth-order valence-corrected chi connectivity index (χ4v) is 3.26. The predicted molar refractivity (Wildman–Crippen MR) is 103 cm³/mol. The lowest BCUT2D eigenvalue weighted by molar-refractivity contribution is 0.102. The van der Waals surface area contributed by atoms with Gasteiger partial charge < -0.3 is 20.8 Å². The second kappa shape index (κ2) is 6.53. The number of nitrogens with zero attached hydrogens (tertiary/aromatic N) is 1. The third-order valence-electron chi connectivity index (χ3n) is 4.81. The Hall–Kier alpha value is -2.73. The number of aromatic nitrogens is 2. The van der Waals surface area contributed by atoms with Crippen LogP contribution in [-0.4, -0.2) is 23.0 Å². The minimum absolute atomic E-state index is 0.310. The van der Waals surface area contributed by atoms with Gasteiger partial charge in [0.25, 0.3) is 5.91 Å². The minimum Gasteiger partial charge on any atom is -0.496 e. The molecule has 1 saturated carbocycles. The monoisotopic (exact) mass is 370 g/mol. The summed E-state index contributed by atoms with van der Waals surface area (Å²) >= 11 is 6.05. The van der Waals surface area contributed by atoms with Crippen molar-refractivity contribution in [1.82, 2.24) is 9.97 Å². The van der Waals surface area contributed by atoms with E-state index in [4.69, 9.17) is 22.1 Å². The van der Waals surface area contributed by atoms with Gasteiger partial charge in [-0.1, -0.05) is 18.0 Å². The van der Waals surface area contributed by atoms with Crippen LogP contribution in [0.3, 0.4) is 0 Å². The lowest BCUT2D eigenvalue weighted by atomic mass is 9.85. The topological polar surface area (TPSA) is 93.0 Å². The van der Waals surface area contributed by atoms with Gasteiger partial charge in [-0.2, -0.15) is 0 Å². The highest BCUT2D eigenvalue weighted by Gasteiger charge is 2.22. The summed E-state index contributed by atoms with van der Waals surface area (Å²) in [6.45, 7) is 0. The summed E-state index contributed by atoms with van der Waals surface area (Å²) < 4.78 is 5.24. The van der Waals surface area contributed by atoms with Crippen LogP contribution in [0.4, 0.5) is 11.4 Å². The number of carbonyl (C=O) groups is 1. The molecule has 0 atom stereocenters. The van der Waals surface area contributed by atoms with Gasteiger partial charge in [0, 0.05) is 17.7 Å². The molecule has 1 aliphatic rings. The standard InChI is InChI=1S/C19H19ClN4O2/c1-26-17-9-14(21)13(20)8-12(17)19(25)22-11-5-6-15-16(7-11)24-18(23-15)10-3-2-4-10/h5-10H,2-4,21H2,1H3,(H,22,25)(H,23,24). The van der Waals surface area contributed by atoms with Crippen LogP contribution in [0.5, 0.6) is 5.75 Å². The van der Waals surface area contributed by atoms with Gasteiger partial charge in [-0.15, -0.1) is 0 Å². The van der Waals surface area contributed by atoms with Gasteiger partial charge in [-0.3, -0.25) is 4.79 Å². The molecule has 26 heavy (non-hydrogen) atoms. The largest absolute Gasteiger partial charge is 0.496 e. The van der Waals surface area contributed by atoms with E-state index in [-0.39, 0.29) is 5.91 Å². The first-order valence-electron chi connectivity index (χ1n) is 8.49. The first kappa shape index (κ1) is 16.7. The summed E-state index contributed by atoms with van der Waals surface area (Å²) in [5.41, 5.74) is 8.94. The molecule has 1 fully saturated rings. The molecule has 6 nitrogen and oxygen atoms in total. The number of benzene rings is 2.